The number of nitrogens with zero attached hydrogens (tertiary/aromatic N) is 5. The predicted molar refractivity (Wildman–Crippen MR) is 132 cm³/mol. The quantitative estimate of drug-likeness (QED) is 0.652. The summed E-state index contributed by atoms with van der Waals surface area (Å²) in [7, 11) is 0. The number of pyridine rings is 2. The van der Waals surface area contributed by atoms with E-state index in [9.17, 15) is 9.59 Å². The standard InChI is InChI=1S/C26H28N6O2/c1-17(2)26(3)25(34)29-23(30-26)22-19(16-18-8-4-5-9-20(18)28-22)24(33)32-14-12-31(13-15-32)21-10-6-7-11-27-21/h4-11,16-17H,12-15H2,1-3H3,(H,29,30,34). The van der Waals surface area contributed by atoms with Crippen LogP contribution in [0.2, 0.25) is 0 Å². The van der Waals surface area contributed by atoms with E-state index < -0.39 is 5.54 Å². The molecule has 1 atom stereocenters. The van der Waals surface area contributed by atoms with Crippen molar-refractivity contribution in [2.24, 2.45) is 10.9 Å². The fourth-order valence-corrected chi connectivity index (χ4v) is 4.36. The SMILES string of the molecule is CC(C)C1(C)N=C(c2nc3ccccc3cc2C(=O)N2CCN(c3ccccn3)CC2)NC1=O. The van der Waals surface area contributed by atoms with Crippen LogP contribution in [0.5, 0.6) is 0 Å². The van der Waals surface area contributed by atoms with E-state index in [0.717, 1.165) is 16.7 Å². The summed E-state index contributed by atoms with van der Waals surface area (Å²) in [6.45, 7) is 8.29. The van der Waals surface area contributed by atoms with Gasteiger partial charge in [-0.3, -0.25) is 9.59 Å². The van der Waals surface area contributed by atoms with Gasteiger partial charge in [0.2, 0.25) is 0 Å². The zero-order valence-corrected chi connectivity index (χ0v) is 19.7. The highest BCUT2D eigenvalue weighted by Crippen LogP contribution is 2.28. The zero-order valence-electron chi connectivity index (χ0n) is 19.7. The van der Waals surface area contributed by atoms with Gasteiger partial charge >= 0.3 is 0 Å². The van der Waals surface area contributed by atoms with Crippen molar-refractivity contribution < 1.29 is 9.59 Å². The minimum atomic E-state index is -0.892. The van der Waals surface area contributed by atoms with Crippen molar-refractivity contribution in [1.82, 2.24) is 20.2 Å². The van der Waals surface area contributed by atoms with Crippen molar-refractivity contribution in [2.45, 2.75) is 26.3 Å². The number of amides is 2. The second kappa shape index (κ2) is 8.52. The van der Waals surface area contributed by atoms with Crippen LogP contribution in [0.4, 0.5) is 5.82 Å². The molecule has 1 saturated heterocycles. The van der Waals surface area contributed by atoms with E-state index in [-0.39, 0.29) is 17.7 Å². The Bertz CT molecular complexity index is 1280. The summed E-state index contributed by atoms with van der Waals surface area (Å²) in [4.78, 5) is 44.5. The Morgan fingerprint density at radius 2 is 1.79 bits per heavy atom. The van der Waals surface area contributed by atoms with Crippen LogP contribution < -0.4 is 10.2 Å². The second-order valence-electron chi connectivity index (χ2n) is 9.26. The van der Waals surface area contributed by atoms with Crippen LogP contribution in [-0.4, -0.2) is 64.2 Å². The minimum absolute atomic E-state index is 0.00396. The summed E-state index contributed by atoms with van der Waals surface area (Å²) in [6.07, 6.45) is 1.78. The van der Waals surface area contributed by atoms with E-state index >= 15 is 0 Å². The van der Waals surface area contributed by atoms with E-state index in [4.69, 9.17) is 9.98 Å². The molecule has 8 heteroatoms. The van der Waals surface area contributed by atoms with E-state index in [1.165, 1.54) is 0 Å². The lowest BCUT2D eigenvalue weighted by Gasteiger charge is -2.35. The normalized spacial score (nSPS) is 20.6. The number of aliphatic imine (C=N–C) groups is 1. The number of carbonyl (C=O) groups excluding carboxylic acids is 2. The van der Waals surface area contributed by atoms with Crippen molar-refractivity contribution in [3.8, 4) is 0 Å². The van der Waals surface area contributed by atoms with Crippen LogP contribution in [0.1, 0.15) is 36.8 Å². The van der Waals surface area contributed by atoms with Crippen LogP contribution in [-0.2, 0) is 4.79 Å². The molecule has 5 rings (SSSR count). The lowest BCUT2D eigenvalue weighted by atomic mass is 9.89. The molecule has 1 aromatic carbocycles. The number of amidine groups is 1. The van der Waals surface area contributed by atoms with E-state index in [1.54, 1.807) is 6.20 Å². The van der Waals surface area contributed by atoms with Crippen molar-refractivity contribution in [2.75, 3.05) is 31.1 Å². The first-order chi connectivity index (χ1) is 16.4. The van der Waals surface area contributed by atoms with Crippen LogP contribution >= 0.6 is 0 Å². The van der Waals surface area contributed by atoms with Gasteiger partial charge in [-0.25, -0.2) is 15.0 Å². The molecule has 2 aromatic heterocycles. The average Bonchev–Trinajstić information content (AvgIpc) is 3.19. The molecular weight excluding hydrogens is 428 g/mol. The Labute approximate surface area is 198 Å². The minimum Gasteiger partial charge on any atom is -0.353 e. The second-order valence-corrected chi connectivity index (χ2v) is 9.26. The molecule has 2 amide bonds. The molecule has 0 radical (unpaired) electrons. The summed E-state index contributed by atoms with van der Waals surface area (Å²) >= 11 is 0. The third-order valence-corrected chi connectivity index (χ3v) is 6.88. The summed E-state index contributed by atoms with van der Waals surface area (Å²) in [6, 6.07) is 15.4. The summed E-state index contributed by atoms with van der Waals surface area (Å²) in [5.74, 6) is 1.00. The molecule has 34 heavy (non-hydrogen) atoms. The molecular formula is C26H28N6O2. The molecule has 4 heterocycles. The van der Waals surface area contributed by atoms with Gasteiger partial charge in [0, 0.05) is 37.8 Å². The van der Waals surface area contributed by atoms with Crippen LogP contribution in [0.25, 0.3) is 10.9 Å². The van der Waals surface area contributed by atoms with Crippen molar-refractivity contribution >= 4 is 34.4 Å². The molecule has 1 unspecified atom stereocenters. The summed E-state index contributed by atoms with van der Waals surface area (Å²) in [5.41, 5.74) is 0.742. The van der Waals surface area contributed by atoms with Gasteiger partial charge in [0.1, 0.15) is 17.1 Å². The molecule has 0 saturated carbocycles. The Morgan fingerprint density at radius 1 is 1.06 bits per heavy atom. The average molecular weight is 457 g/mol. The highest BCUT2D eigenvalue weighted by atomic mass is 16.2. The lowest BCUT2D eigenvalue weighted by molar-refractivity contribution is -0.124. The number of piperazine rings is 1. The maximum Gasteiger partial charge on any atom is 0.256 e. The van der Waals surface area contributed by atoms with Gasteiger partial charge in [-0.1, -0.05) is 38.1 Å². The van der Waals surface area contributed by atoms with Gasteiger partial charge in [0.15, 0.2) is 5.84 Å². The van der Waals surface area contributed by atoms with Gasteiger partial charge in [-0.15, -0.1) is 0 Å². The van der Waals surface area contributed by atoms with Gasteiger partial charge in [0.25, 0.3) is 11.8 Å². The Balaban J connectivity index is 1.48. The van der Waals surface area contributed by atoms with Crippen molar-refractivity contribution in [3.05, 3.63) is 66.0 Å². The van der Waals surface area contributed by atoms with Crippen molar-refractivity contribution in [1.29, 1.82) is 0 Å². The Kier molecular flexibility index (Phi) is 5.51. The molecule has 0 aliphatic carbocycles. The van der Waals surface area contributed by atoms with Gasteiger partial charge in [-0.05, 0) is 37.1 Å². The Hall–Kier alpha value is -3.81. The molecule has 2 aliphatic rings. The van der Waals surface area contributed by atoms with E-state index in [1.807, 2.05) is 74.2 Å². The highest BCUT2D eigenvalue weighted by Gasteiger charge is 2.43. The molecule has 1 fully saturated rings. The first kappa shape index (κ1) is 22.0. The fourth-order valence-electron chi connectivity index (χ4n) is 4.36. The molecule has 1 N–H and O–H groups in total. The molecule has 3 aromatic rings. The van der Waals surface area contributed by atoms with Crippen LogP contribution in [0.15, 0.2) is 59.7 Å². The zero-order chi connectivity index (χ0) is 23.9. The van der Waals surface area contributed by atoms with E-state index in [0.29, 0.717) is 43.3 Å². The summed E-state index contributed by atoms with van der Waals surface area (Å²) < 4.78 is 0. The number of hydrogen-bond acceptors (Lipinski definition) is 6. The maximum atomic E-state index is 13.7. The number of anilines is 1. The van der Waals surface area contributed by atoms with Gasteiger partial charge < -0.3 is 15.1 Å². The number of aromatic nitrogens is 2. The number of benzene rings is 1. The molecule has 2 aliphatic heterocycles. The third-order valence-electron chi connectivity index (χ3n) is 6.88. The number of fused-ring (bicyclic) bond motifs is 1. The maximum absolute atomic E-state index is 13.7. The smallest absolute Gasteiger partial charge is 0.256 e. The van der Waals surface area contributed by atoms with Crippen LogP contribution in [0, 0.1) is 5.92 Å². The Morgan fingerprint density at radius 3 is 2.47 bits per heavy atom. The van der Waals surface area contributed by atoms with Gasteiger partial charge in [-0.2, -0.15) is 0 Å². The number of carbonyl (C=O) groups is 2. The third kappa shape index (κ3) is 3.79. The first-order valence-corrected chi connectivity index (χ1v) is 11.6. The predicted octanol–water partition coefficient (Wildman–Crippen LogP) is 2.88. The summed E-state index contributed by atoms with van der Waals surface area (Å²) in [5, 5.41) is 3.77. The lowest BCUT2D eigenvalue weighted by Crippen LogP contribution is -2.49. The monoisotopic (exact) mass is 456 g/mol. The number of hydrogen-bond donors (Lipinski definition) is 1. The number of rotatable bonds is 4. The fraction of sp³-hybridized carbons (Fsp3) is 0.346. The van der Waals surface area contributed by atoms with Gasteiger partial charge in [0.05, 0.1) is 11.1 Å². The molecule has 0 spiro atoms. The first-order valence-electron chi connectivity index (χ1n) is 11.6. The highest BCUT2D eigenvalue weighted by molar-refractivity contribution is 6.19. The largest absolute Gasteiger partial charge is 0.353 e. The number of para-hydroxylation sites is 1. The molecule has 174 valence electrons. The van der Waals surface area contributed by atoms with Crippen molar-refractivity contribution in [3.63, 3.8) is 0 Å². The number of nitrogens with one attached hydrogen (secondary N) is 1. The molecule has 0 bridgehead atoms. The van der Waals surface area contributed by atoms with E-state index in [2.05, 4.69) is 15.2 Å². The van der Waals surface area contributed by atoms with Crippen LogP contribution in [0.3, 0.4) is 0 Å². The molecule has 8 nitrogen and oxygen atoms in total. The topological polar surface area (TPSA) is 90.8 Å².